The monoisotopic (exact) mass is 213 g/mol. The zero-order valence-electron chi connectivity index (χ0n) is 10.3. The molecule has 0 saturated heterocycles. The third kappa shape index (κ3) is 2.75. The molecule has 1 aromatic rings. The molecule has 1 radical (unpaired) electrons. The first-order chi connectivity index (χ1) is 7.92. The smallest absolute Gasteiger partial charge is 0.0190 e. The van der Waals surface area contributed by atoms with E-state index in [1.807, 2.05) is 0 Å². The van der Waals surface area contributed by atoms with Crippen LogP contribution < -0.4 is 0 Å². The first kappa shape index (κ1) is 11.4. The van der Waals surface area contributed by atoms with E-state index in [0.29, 0.717) is 0 Å². The van der Waals surface area contributed by atoms with Gasteiger partial charge in [-0.2, -0.15) is 0 Å². The molecule has 0 fully saturated rings. The number of benzene rings is 1. The summed E-state index contributed by atoms with van der Waals surface area (Å²) in [6.45, 7) is 2.25. The zero-order chi connectivity index (χ0) is 11.2. The lowest BCUT2D eigenvalue weighted by Gasteiger charge is -2.18. The summed E-state index contributed by atoms with van der Waals surface area (Å²) in [5.74, 6) is 0. The highest BCUT2D eigenvalue weighted by Gasteiger charge is 2.12. The fourth-order valence-corrected chi connectivity index (χ4v) is 2.42. The Labute approximate surface area is 99.4 Å². The van der Waals surface area contributed by atoms with Crippen molar-refractivity contribution in [2.75, 3.05) is 0 Å². The fourth-order valence-electron chi connectivity index (χ4n) is 2.42. The summed E-state index contributed by atoms with van der Waals surface area (Å²) >= 11 is 0. The molecule has 1 aliphatic rings. The summed E-state index contributed by atoms with van der Waals surface area (Å²) in [5, 5.41) is 0. The fraction of sp³-hybridized carbons (Fsp3) is 0.500. The molecule has 0 heterocycles. The second kappa shape index (κ2) is 5.89. The van der Waals surface area contributed by atoms with Gasteiger partial charge in [-0.05, 0) is 54.9 Å². The van der Waals surface area contributed by atoms with Crippen molar-refractivity contribution in [3.63, 3.8) is 0 Å². The highest BCUT2D eigenvalue weighted by Crippen LogP contribution is 2.30. The Bertz CT molecular complexity index is 360. The molecule has 0 nitrogen and oxygen atoms in total. The minimum atomic E-state index is 1.14. The van der Waals surface area contributed by atoms with E-state index in [-0.39, 0.29) is 0 Å². The Morgan fingerprint density at radius 2 is 2.00 bits per heavy atom. The maximum atomic E-state index is 3.63. The van der Waals surface area contributed by atoms with Crippen LogP contribution in [0, 0.1) is 6.08 Å². The van der Waals surface area contributed by atoms with Gasteiger partial charge in [0.2, 0.25) is 0 Å². The standard InChI is InChI=1S/C16H21/c1-2-3-4-5-9-14-11-8-12-15-10-6-7-13-16(14)15/h6-7,10,13H,2-5,8,11-12H2,1H3. The van der Waals surface area contributed by atoms with Crippen LogP contribution in [0.4, 0.5) is 0 Å². The number of allylic oxidation sites excluding steroid dienone is 2. The van der Waals surface area contributed by atoms with Crippen LogP contribution in [0.2, 0.25) is 0 Å². The van der Waals surface area contributed by atoms with E-state index in [4.69, 9.17) is 0 Å². The van der Waals surface area contributed by atoms with Gasteiger partial charge in [-0.1, -0.05) is 44.0 Å². The second-order valence-electron chi connectivity index (χ2n) is 4.62. The van der Waals surface area contributed by atoms with Crippen LogP contribution in [-0.4, -0.2) is 0 Å². The van der Waals surface area contributed by atoms with Crippen molar-refractivity contribution in [1.82, 2.24) is 0 Å². The number of aryl methyl sites for hydroxylation is 1. The highest BCUT2D eigenvalue weighted by molar-refractivity contribution is 5.68. The molecule has 1 aromatic carbocycles. The number of fused-ring (bicyclic) bond motifs is 1. The number of rotatable bonds is 4. The predicted molar refractivity (Wildman–Crippen MR) is 70.2 cm³/mol. The maximum absolute atomic E-state index is 3.63. The molecule has 0 saturated carbocycles. The molecule has 0 spiro atoms. The lowest BCUT2D eigenvalue weighted by atomic mass is 9.87. The van der Waals surface area contributed by atoms with Gasteiger partial charge in [-0.3, -0.25) is 0 Å². The van der Waals surface area contributed by atoms with Gasteiger partial charge in [0.25, 0.3) is 0 Å². The molecule has 0 heteroatoms. The molecule has 0 amide bonds. The Morgan fingerprint density at radius 3 is 2.88 bits per heavy atom. The van der Waals surface area contributed by atoms with Crippen molar-refractivity contribution in [2.45, 2.75) is 51.9 Å². The van der Waals surface area contributed by atoms with Gasteiger partial charge in [0.15, 0.2) is 0 Å². The topological polar surface area (TPSA) is 0 Å². The lowest BCUT2D eigenvalue weighted by Crippen LogP contribution is -2.01. The molecule has 0 unspecified atom stereocenters. The van der Waals surface area contributed by atoms with Crippen molar-refractivity contribution >= 4 is 5.57 Å². The summed E-state index contributed by atoms with van der Waals surface area (Å²) in [5.41, 5.74) is 4.45. The second-order valence-corrected chi connectivity index (χ2v) is 4.62. The van der Waals surface area contributed by atoms with Crippen molar-refractivity contribution in [2.24, 2.45) is 0 Å². The molecule has 0 aliphatic heterocycles. The average molecular weight is 213 g/mol. The Hall–Kier alpha value is -1.04. The minimum Gasteiger partial charge on any atom is -0.0654 e. The van der Waals surface area contributed by atoms with Gasteiger partial charge < -0.3 is 0 Å². The van der Waals surface area contributed by atoms with Crippen LogP contribution in [0.3, 0.4) is 0 Å². The third-order valence-corrected chi connectivity index (χ3v) is 3.33. The van der Waals surface area contributed by atoms with Crippen LogP contribution in [0.25, 0.3) is 5.57 Å². The largest absolute Gasteiger partial charge is 0.0654 e. The van der Waals surface area contributed by atoms with E-state index >= 15 is 0 Å². The molecule has 2 rings (SSSR count). The molecule has 0 bridgehead atoms. The summed E-state index contributed by atoms with van der Waals surface area (Å²) in [4.78, 5) is 0. The van der Waals surface area contributed by atoms with Gasteiger partial charge in [-0.25, -0.2) is 0 Å². The Morgan fingerprint density at radius 1 is 1.12 bits per heavy atom. The number of unbranched alkanes of at least 4 members (excludes halogenated alkanes) is 3. The molecular formula is C16H21. The van der Waals surface area contributed by atoms with Crippen LogP contribution in [0.5, 0.6) is 0 Å². The first-order valence-electron chi connectivity index (χ1n) is 6.60. The first-order valence-corrected chi connectivity index (χ1v) is 6.60. The van der Waals surface area contributed by atoms with Gasteiger partial charge in [0.05, 0.1) is 0 Å². The molecule has 1 aliphatic carbocycles. The predicted octanol–water partition coefficient (Wildman–Crippen LogP) is 4.79. The molecular weight excluding hydrogens is 192 g/mol. The van der Waals surface area contributed by atoms with Crippen LogP contribution >= 0.6 is 0 Å². The normalized spacial score (nSPS) is 17.4. The summed E-state index contributed by atoms with van der Waals surface area (Å²) in [7, 11) is 0. The van der Waals surface area contributed by atoms with Gasteiger partial charge in [-0.15, -0.1) is 0 Å². The summed E-state index contributed by atoms with van der Waals surface area (Å²) in [6.07, 6.45) is 12.5. The van der Waals surface area contributed by atoms with E-state index < -0.39 is 0 Å². The molecule has 0 N–H and O–H groups in total. The van der Waals surface area contributed by atoms with Crippen molar-refractivity contribution in [1.29, 1.82) is 0 Å². The van der Waals surface area contributed by atoms with E-state index in [1.54, 1.807) is 0 Å². The van der Waals surface area contributed by atoms with Crippen LogP contribution in [0.1, 0.15) is 56.6 Å². The third-order valence-electron chi connectivity index (χ3n) is 3.33. The average Bonchev–Trinajstić information content (AvgIpc) is 2.35. The Kier molecular flexibility index (Phi) is 4.21. The SMILES string of the molecule is CCCCC[C]=C1CCCc2ccccc21. The van der Waals surface area contributed by atoms with Gasteiger partial charge in [0, 0.05) is 0 Å². The Balaban J connectivity index is 2.06. The molecule has 0 aromatic heterocycles. The van der Waals surface area contributed by atoms with Crippen molar-refractivity contribution < 1.29 is 0 Å². The minimum absolute atomic E-state index is 1.14. The molecule has 16 heavy (non-hydrogen) atoms. The zero-order valence-corrected chi connectivity index (χ0v) is 10.3. The maximum Gasteiger partial charge on any atom is -0.0190 e. The van der Waals surface area contributed by atoms with E-state index in [0.717, 1.165) is 6.42 Å². The molecule has 85 valence electrons. The lowest BCUT2D eigenvalue weighted by molar-refractivity contribution is 0.719. The number of hydrogen-bond donors (Lipinski definition) is 0. The molecule has 0 atom stereocenters. The van der Waals surface area contributed by atoms with Crippen molar-refractivity contribution in [3.8, 4) is 0 Å². The van der Waals surface area contributed by atoms with Gasteiger partial charge >= 0.3 is 0 Å². The van der Waals surface area contributed by atoms with E-state index in [1.165, 1.54) is 55.2 Å². The van der Waals surface area contributed by atoms with Crippen molar-refractivity contribution in [3.05, 3.63) is 41.5 Å². The van der Waals surface area contributed by atoms with E-state index in [2.05, 4.69) is 37.3 Å². The summed E-state index contributed by atoms with van der Waals surface area (Å²) in [6, 6.07) is 8.83. The number of hydrogen-bond acceptors (Lipinski definition) is 0. The summed E-state index contributed by atoms with van der Waals surface area (Å²) < 4.78 is 0. The van der Waals surface area contributed by atoms with Gasteiger partial charge in [0.1, 0.15) is 0 Å². The quantitative estimate of drug-likeness (QED) is 0.631. The van der Waals surface area contributed by atoms with E-state index in [9.17, 15) is 0 Å². The van der Waals surface area contributed by atoms with Crippen LogP contribution in [0.15, 0.2) is 24.3 Å². The van der Waals surface area contributed by atoms with Crippen LogP contribution in [-0.2, 0) is 6.42 Å². The highest BCUT2D eigenvalue weighted by atomic mass is 14.2.